The van der Waals surface area contributed by atoms with E-state index in [9.17, 15) is 5.11 Å². The standard InChI is InChI=1S/C13H20N2O/c1-2-10-5-3-7-13(16,9-10)11-6-4-8-15-12(11)14/h4,6,8,10,16H,2-3,5,7,9H2,1H3,(H2,14,15). The number of nitrogens with zero attached hydrogens (tertiary/aromatic N) is 1. The minimum absolute atomic E-state index is 0.474. The Bertz CT molecular complexity index is 367. The van der Waals surface area contributed by atoms with Gasteiger partial charge in [-0.1, -0.05) is 25.8 Å². The predicted molar refractivity (Wildman–Crippen MR) is 64.8 cm³/mol. The van der Waals surface area contributed by atoms with Crippen molar-refractivity contribution in [1.82, 2.24) is 4.98 Å². The number of pyridine rings is 1. The molecule has 0 amide bonds. The van der Waals surface area contributed by atoms with Crippen LogP contribution < -0.4 is 5.73 Å². The first kappa shape index (κ1) is 11.4. The molecule has 1 aliphatic rings. The number of aromatic nitrogens is 1. The minimum Gasteiger partial charge on any atom is -0.385 e. The van der Waals surface area contributed by atoms with Crippen LogP contribution in [-0.2, 0) is 5.60 Å². The van der Waals surface area contributed by atoms with E-state index in [0.29, 0.717) is 11.7 Å². The van der Waals surface area contributed by atoms with Gasteiger partial charge in [-0.2, -0.15) is 0 Å². The lowest BCUT2D eigenvalue weighted by Gasteiger charge is -2.37. The molecule has 3 heteroatoms. The van der Waals surface area contributed by atoms with Crippen LogP contribution in [0.15, 0.2) is 18.3 Å². The van der Waals surface area contributed by atoms with Gasteiger partial charge >= 0.3 is 0 Å². The second-order valence-electron chi connectivity index (χ2n) is 4.84. The van der Waals surface area contributed by atoms with Crippen LogP contribution >= 0.6 is 0 Å². The molecule has 3 nitrogen and oxygen atoms in total. The maximum absolute atomic E-state index is 10.7. The van der Waals surface area contributed by atoms with Crippen LogP contribution in [0.1, 0.15) is 44.6 Å². The van der Waals surface area contributed by atoms with Crippen molar-refractivity contribution in [1.29, 1.82) is 0 Å². The van der Waals surface area contributed by atoms with Gasteiger partial charge in [0.1, 0.15) is 5.82 Å². The second-order valence-corrected chi connectivity index (χ2v) is 4.84. The number of rotatable bonds is 2. The van der Waals surface area contributed by atoms with E-state index in [1.165, 1.54) is 6.42 Å². The third kappa shape index (κ3) is 2.05. The molecular weight excluding hydrogens is 200 g/mol. The highest BCUT2D eigenvalue weighted by Crippen LogP contribution is 2.42. The van der Waals surface area contributed by atoms with E-state index in [2.05, 4.69) is 11.9 Å². The monoisotopic (exact) mass is 220 g/mol. The number of hydrogen-bond donors (Lipinski definition) is 2. The number of aliphatic hydroxyl groups is 1. The Morgan fingerprint density at radius 1 is 1.62 bits per heavy atom. The molecule has 88 valence electrons. The summed E-state index contributed by atoms with van der Waals surface area (Å²) in [5.41, 5.74) is 5.91. The molecule has 1 saturated carbocycles. The lowest BCUT2D eigenvalue weighted by Crippen LogP contribution is -2.33. The number of anilines is 1. The molecule has 0 saturated heterocycles. The van der Waals surface area contributed by atoms with Crippen molar-refractivity contribution < 1.29 is 5.11 Å². The molecule has 3 N–H and O–H groups in total. The quantitative estimate of drug-likeness (QED) is 0.804. The van der Waals surface area contributed by atoms with Crippen molar-refractivity contribution in [3.8, 4) is 0 Å². The van der Waals surface area contributed by atoms with Crippen molar-refractivity contribution in [2.45, 2.75) is 44.6 Å². The topological polar surface area (TPSA) is 59.1 Å². The summed E-state index contributed by atoms with van der Waals surface area (Å²) in [5.74, 6) is 1.08. The molecule has 1 heterocycles. The molecule has 1 aromatic rings. The SMILES string of the molecule is CCC1CCCC(O)(c2cccnc2N)C1. The van der Waals surface area contributed by atoms with Crippen LogP contribution in [0.25, 0.3) is 0 Å². The van der Waals surface area contributed by atoms with Gasteiger partial charge in [0.2, 0.25) is 0 Å². The maximum atomic E-state index is 10.7. The van der Waals surface area contributed by atoms with Crippen molar-refractivity contribution >= 4 is 5.82 Å². The van der Waals surface area contributed by atoms with E-state index in [4.69, 9.17) is 5.73 Å². The first-order valence-electron chi connectivity index (χ1n) is 6.09. The van der Waals surface area contributed by atoms with Crippen LogP contribution in [0, 0.1) is 5.92 Å². The Labute approximate surface area is 96.7 Å². The molecule has 1 aliphatic carbocycles. The summed E-state index contributed by atoms with van der Waals surface area (Å²) >= 11 is 0. The van der Waals surface area contributed by atoms with Gasteiger partial charge in [0.15, 0.2) is 0 Å². The summed E-state index contributed by atoms with van der Waals surface area (Å²) in [4.78, 5) is 4.07. The summed E-state index contributed by atoms with van der Waals surface area (Å²) in [6.07, 6.45) is 6.71. The summed E-state index contributed by atoms with van der Waals surface area (Å²) < 4.78 is 0. The van der Waals surface area contributed by atoms with Gasteiger partial charge in [0.05, 0.1) is 5.60 Å². The van der Waals surface area contributed by atoms with Crippen molar-refractivity contribution in [2.75, 3.05) is 5.73 Å². The van der Waals surface area contributed by atoms with Gasteiger partial charge in [-0.25, -0.2) is 4.98 Å². The van der Waals surface area contributed by atoms with E-state index < -0.39 is 5.60 Å². The van der Waals surface area contributed by atoms with Gasteiger partial charge in [0.25, 0.3) is 0 Å². The van der Waals surface area contributed by atoms with E-state index >= 15 is 0 Å². The zero-order valence-corrected chi connectivity index (χ0v) is 9.82. The molecule has 1 aromatic heterocycles. The zero-order chi connectivity index (χ0) is 11.6. The molecular formula is C13H20N2O. The van der Waals surface area contributed by atoms with Gasteiger partial charge < -0.3 is 10.8 Å². The van der Waals surface area contributed by atoms with E-state index in [1.54, 1.807) is 6.20 Å². The average Bonchev–Trinajstić information content (AvgIpc) is 2.29. The number of hydrogen-bond acceptors (Lipinski definition) is 3. The molecule has 2 unspecified atom stereocenters. The first-order chi connectivity index (χ1) is 7.65. The Kier molecular flexibility index (Phi) is 3.15. The third-order valence-corrected chi connectivity index (χ3v) is 3.75. The highest BCUT2D eigenvalue weighted by atomic mass is 16.3. The number of nitrogen functional groups attached to an aromatic ring is 1. The number of nitrogens with two attached hydrogens (primary N) is 1. The Balaban J connectivity index is 2.27. The van der Waals surface area contributed by atoms with Crippen molar-refractivity contribution in [3.05, 3.63) is 23.9 Å². The van der Waals surface area contributed by atoms with Crippen LogP contribution in [0.3, 0.4) is 0 Å². The highest BCUT2D eigenvalue weighted by molar-refractivity contribution is 5.43. The fraction of sp³-hybridized carbons (Fsp3) is 0.615. The zero-order valence-electron chi connectivity index (χ0n) is 9.82. The van der Waals surface area contributed by atoms with E-state index in [1.807, 2.05) is 12.1 Å². The molecule has 0 aromatic carbocycles. The van der Waals surface area contributed by atoms with Gasteiger partial charge in [-0.3, -0.25) is 0 Å². The third-order valence-electron chi connectivity index (χ3n) is 3.75. The molecule has 0 aliphatic heterocycles. The molecule has 0 bridgehead atoms. The summed E-state index contributed by atoms with van der Waals surface area (Å²) in [6, 6.07) is 3.75. The minimum atomic E-state index is -0.753. The van der Waals surface area contributed by atoms with Crippen LogP contribution in [0.4, 0.5) is 5.82 Å². The average molecular weight is 220 g/mol. The van der Waals surface area contributed by atoms with Crippen molar-refractivity contribution in [2.24, 2.45) is 5.92 Å². The Hall–Kier alpha value is -1.09. The predicted octanol–water partition coefficient (Wildman–Crippen LogP) is 2.45. The van der Waals surface area contributed by atoms with Gasteiger partial charge in [-0.15, -0.1) is 0 Å². The summed E-state index contributed by atoms with van der Waals surface area (Å²) in [6.45, 7) is 2.18. The first-order valence-corrected chi connectivity index (χ1v) is 6.09. The maximum Gasteiger partial charge on any atom is 0.129 e. The molecule has 2 atom stereocenters. The molecule has 16 heavy (non-hydrogen) atoms. The molecule has 0 spiro atoms. The van der Waals surface area contributed by atoms with Crippen LogP contribution in [0.5, 0.6) is 0 Å². The molecule has 2 rings (SSSR count). The normalized spacial score (nSPS) is 30.2. The van der Waals surface area contributed by atoms with Gasteiger partial charge in [0, 0.05) is 11.8 Å². The van der Waals surface area contributed by atoms with Gasteiger partial charge in [-0.05, 0) is 31.2 Å². The lowest BCUT2D eigenvalue weighted by atomic mass is 9.74. The van der Waals surface area contributed by atoms with Crippen LogP contribution in [-0.4, -0.2) is 10.1 Å². The summed E-state index contributed by atoms with van der Waals surface area (Å²) in [5, 5.41) is 10.7. The van der Waals surface area contributed by atoms with E-state index in [-0.39, 0.29) is 0 Å². The smallest absolute Gasteiger partial charge is 0.129 e. The fourth-order valence-corrected chi connectivity index (χ4v) is 2.77. The van der Waals surface area contributed by atoms with Crippen molar-refractivity contribution in [3.63, 3.8) is 0 Å². The Morgan fingerprint density at radius 3 is 3.12 bits per heavy atom. The highest BCUT2D eigenvalue weighted by Gasteiger charge is 2.36. The molecule has 1 fully saturated rings. The van der Waals surface area contributed by atoms with Crippen LogP contribution in [0.2, 0.25) is 0 Å². The second kappa shape index (κ2) is 4.42. The van der Waals surface area contributed by atoms with E-state index in [0.717, 1.165) is 31.2 Å². The Morgan fingerprint density at radius 2 is 2.44 bits per heavy atom. The lowest BCUT2D eigenvalue weighted by molar-refractivity contribution is -0.0212. The largest absolute Gasteiger partial charge is 0.385 e. The molecule has 0 radical (unpaired) electrons. The fourth-order valence-electron chi connectivity index (χ4n) is 2.77. The summed E-state index contributed by atoms with van der Waals surface area (Å²) in [7, 11) is 0.